The number of hydrogen-bond donors (Lipinski definition) is 1. The van der Waals surface area contributed by atoms with Crippen LogP contribution in [0.3, 0.4) is 0 Å². The highest BCUT2D eigenvalue weighted by Gasteiger charge is 2.35. The largest absolute Gasteiger partial charge is 0.450 e. The maximum atomic E-state index is 11.3. The number of likely N-dealkylation sites (N-methyl/N-ethyl adjacent to an activating group) is 2. The van der Waals surface area contributed by atoms with Crippen molar-refractivity contribution in [3.8, 4) is 0 Å². The fourth-order valence-corrected chi connectivity index (χ4v) is 1.64. The summed E-state index contributed by atoms with van der Waals surface area (Å²) in [6.45, 7) is 2.27. The van der Waals surface area contributed by atoms with Gasteiger partial charge in [0.2, 0.25) is 0 Å². The Hall–Kier alpha value is -0.770. The fraction of sp³-hybridized carbons (Fsp3) is 0.889. The van der Waals surface area contributed by atoms with Crippen LogP contribution in [-0.4, -0.2) is 43.8 Å². The van der Waals surface area contributed by atoms with Gasteiger partial charge < -0.3 is 15.0 Å². The molecule has 0 unspecified atom stereocenters. The average molecular weight is 186 g/mol. The van der Waals surface area contributed by atoms with E-state index in [9.17, 15) is 4.79 Å². The van der Waals surface area contributed by atoms with Crippen LogP contribution in [0, 0.1) is 0 Å². The van der Waals surface area contributed by atoms with Gasteiger partial charge in [-0.05, 0) is 26.8 Å². The second-order valence-corrected chi connectivity index (χ2v) is 3.35. The van der Waals surface area contributed by atoms with Gasteiger partial charge in [0.25, 0.3) is 0 Å². The second-order valence-electron chi connectivity index (χ2n) is 3.35. The first-order valence-corrected chi connectivity index (χ1v) is 4.77. The number of ether oxygens (including phenoxy) is 1. The average Bonchev–Trinajstić information content (AvgIpc) is 2.03. The number of carbonyl (C=O) groups is 1. The molecule has 0 spiro atoms. The molecule has 0 aliphatic heterocycles. The maximum absolute atomic E-state index is 11.3. The molecule has 4 nitrogen and oxygen atoms in total. The Bertz CT molecular complexity index is 182. The van der Waals surface area contributed by atoms with E-state index in [0.717, 1.165) is 12.8 Å². The van der Waals surface area contributed by atoms with Gasteiger partial charge in [-0.2, -0.15) is 0 Å². The van der Waals surface area contributed by atoms with Crippen molar-refractivity contribution in [2.24, 2.45) is 0 Å². The van der Waals surface area contributed by atoms with Crippen molar-refractivity contribution in [2.75, 3.05) is 20.7 Å². The molecule has 1 aliphatic rings. The standard InChI is InChI=1S/C9H18N2O2/c1-4-13-9(12)11(3)8-6-5-7(8)10-2/h7-8,10H,4-6H2,1-3H3/t7-,8-/m0/s1. The maximum Gasteiger partial charge on any atom is 0.409 e. The van der Waals surface area contributed by atoms with Gasteiger partial charge in [0.15, 0.2) is 0 Å². The summed E-state index contributed by atoms with van der Waals surface area (Å²) in [7, 11) is 3.72. The summed E-state index contributed by atoms with van der Waals surface area (Å²) in [4.78, 5) is 13.0. The van der Waals surface area contributed by atoms with Crippen molar-refractivity contribution in [2.45, 2.75) is 31.8 Å². The monoisotopic (exact) mass is 186 g/mol. The Kier molecular flexibility index (Phi) is 3.54. The van der Waals surface area contributed by atoms with Crippen LogP contribution >= 0.6 is 0 Å². The van der Waals surface area contributed by atoms with Gasteiger partial charge >= 0.3 is 6.09 Å². The molecule has 0 radical (unpaired) electrons. The summed E-state index contributed by atoms with van der Waals surface area (Å²) in [5.74, 6) is 0. The molecule has 1 amide bonds. The SMILES string of the molecule is CCOC(=O)N(C)[C@H]1CC[C@@H]1NC. The zero-order chi connectivity index (χ0) is 9.84. The summed E-state index contributed by atoms with van der Waals surface area (Å²) in [6, 6.07) is 0.749. The topological polar surface area (TPSA) is 41.6 Å². The van der Waals surface area contributed by atoms with Gasteiger partial charge in [0.05, 0.1) is 12.6 Å². The minimum Gasteiger partial charge on any atom is -0.450 e. The number of rotatable bonds is 3. The molecule has 0 aromatic rings. The van der Waals surface area contributed by atoms with E-state index in [1.54, 1.807) is 11.9 Å². The number of nitrogens with one attached hydrogen (secondary N) is 1. The van der Waals surface area contributed by atoms with Crippen LogP contribution in [0.5, 0.6) is 0 Å². The van der Waals surface area contributed by atoms with Crippen molar-refractivity contribution < 1.29 is 9.53 Å². The van der Waals surface area contributed by atoms with Gasteiger partial charge in [-0.15, -0.1) is 0 Å². The van der Waals surface area contributed by atoms with Crippen molar-refractivity contribution in [1.82, 2.24) is 10.2 Å². The fourth-order valence-electron chi connectivity index (χ4n) is 1.64. The molecule has 1 N–H and O–H groups in total. The van der Waals surface area contributed by atoms with Crippen LogP contribution in [0.2, 0.25) is 0 Å². The van der Waals surface area contributed by atoms with E-state index in [4.69, 9.17) is 4.74 Å². The number of amides is 1. The third kappa shape index (κ3) is 2.12. The molecule has 76 valence electrons. The first kappa shape index (κ1) is 10.3. The minimum absolute atomic E-state index is 0.215. The summed E-state index contributed by atoms with van der Waals surface area (Å²) < 4.78 is 4.91. The Morgan fingerprint density at radius 2 is 2.31 bits per heavy atom. The molecular formula is C9H18N2O2. The Morgan fingerprint density at radius 3 is 2.69 bits per heavy atom. The van der Waals surface area contributed by atoms with E-state index in [2.05, 4.69) is 5.32 Å². The Labute approximate surface area is 79.2 Å². The van der Waals surface area contributed by atoms with Gasteiger partial charge in [-0.3, -0.25) is 0 Å². The Morgan fingerprint density at radius 1 is 1.62 bits per heavy atom. The molecule has 1 rings (SSSR count). The number of hydrogen-bond acceptors (Lipinski definition) is 3. The highest BCUT2D eigenvalue weighted by Crippen LogP contribution is 2.24. The molecule has 1 aliphatic carbocycles. The van der Waals surface area contributed by atoms with Crippen LogP contribution in [0.25, 0.3) is 0 Å². The molecule has 1 saturated carbocycles. The molecule has 0 aromatic carbocycles. The smallest absolute Gasteiger partial charge is 0.409 e. The van der Waals surface area contributed by atoms with E-state index in [0.29, 0.717) is 18.7 Å². The molecule has 2 atom stereocenters. The van der Waals surface area contributed by atoms with Crippen LogP contribution in [-0.2, 0) is 4.74 Å². The molecule has 0 saturated heterocycles. The zero-order valence-corrected chi connectivity index (χ0v) is 8.54. The lowest BCUT2D eigenvalue weighted by Gasteiger charge is -2.41. The summed E-state index contributed by atoms with van der Waals surface area (Å²) in [5, 5.41) is 3.18. The lowest BCUT2D eigenvalue weighted by molar-refractivity contribution is 0.0690. The summed E-state index contributed by atoms with van der Waals surface area (Å²) in [5.41, 5.74) is 0. The highest BCUT2D eigenvalue weighted by molar-refractivity contribution is 5.67. The predicted octanol–water partition coefficient (Wildman–Crippen LogP) is 0.825. The van der Waals surface area contributed by atoms with E-state index in [-0.39, 0.29) is 6.09 Å². The van der Waals surface area contributed by atoms with Crippen LogP contribution < -0.4 is 5.32 Å². The first-order valence-electron chi connectivity index (χ1n) is 4.77. The van der Waals surface area contributed by atoms with Gasteiger partial charge in [-0.25, -0.2) is 4.79 Å². The van der Waals surface area contributed by atoms with E-state index in [1.165, 1.54) is 0 Å². The molecule has 1 fully saturated rings. The Balaban J connectivity index is 2.38. The molecule has 0 aromatic heterocycles. The summed E-state index contributed by atoms with van der Waals surface area (Å²) in [6.07, 6.45) is 2.00. The van der Waals surface area contributed by atoms with Gasteiger partial charge in [0.1, 0.15) is 0 Å². The third-order valence-corrected chi connectivity index (χ3v) is 2.66. The highest BCUT2D eigenvalue weighted by atomic mass is 16.6. The molecule has 0 heterocycles. The lowest BCUT2D eigenvalue weighted by atomic mass is 9.85. The van der Waals surface area contributed by atoms with Crippen LogP contribution in [0.4, 0.5) is 4.79 Å². The molecule has 0 bridgehead atoms. The number of nitrogens with zero attached hydrogens (tertiary/aromatic N) is 1. The van der Waals surface area contributed by atoms with Crippen LogP contribution in [0.15, 0.2) is 0 Å². The van der Waals surface area contributed by atoms with Gasteiger partial charge in [-0.1, -0.05) is 0 Å². The van der Waals surface area contributed by atoms with Crippen molar-refractivity contribution in [3.05, 3.63) is 0 Å². The van der Waals surface area contributed by atoms with E-state index >= 15 is 0 Å². The number of carbonyl (C=O) groups excluding carboxylic acids is 1. The molecule has 13 heavy (non-hydrogen) atoms. The van der Waals surface area contributed by atoms with Crippen molar-refractivity contribution in [3.63, 3.8) is 0 Å². The minimum atomic E-state index is -0.215. The van der Waals surface area contributed by atoms with Gasteiger partial charge in [0, 0.05) is 13.1 Å². The van der Waals surface area contributed by atoms with E-state index in [1.807, 2.05) is 14.0 Å². The van der Waals surface area contributed by atoms with E-state index < -0.39 is 0 Å². The zero-order valence-electron chi connectivity index (χ0n) is 8.54. The summed E-state index contributed by atoms with van der Waals surface area (Å²) >= 11 is 0. The van der Waals surface area contributed by atoms with Crippen molar-refractivity contribution in [1.29, 1.82) is 0 Å². The predicted molar refractivity (Wildman–Crippen MR) is 50.7 cm³/mol. The first-order chi connectivity index (χ1) is 6.20. The molecule has 4 heteroatoms. The van der Waals surface area contributed by atoms with Crippen LogP contribution in [0.1, 0.15) is 19.8 Å². The second kappa shape index (κ2) is 4.46. The normalized spacial score (nSPS) is 26.4. The van der Waals surface area contributed by atoms with Crippen molar-refractivity contribution >= 4 is 6.09 Å². The lowest BCUT2D eigenvalue weighted by Crippen LogP contribution is -2.56. The molecular weight excluding hydrogens is 168 g/mol. The third-order valence-electron chi connectivity index (χ3n) is 2.66. The quantitative estimate of drug-likeness (QED) is 0.709.